The number of halogens is 1. The van der Waals surface area contributed by atoms with E-state index in [1.54, 1.807) is 4.90 Å². The molecule has 4 nitrogen and oxygen atoms in total. The van der Waals surface area contributed by atoms with Crippen LogP contribution in [0.4, 0.5) is 4.79 Å². The SMILES string of the molecule is CC(C)(C)OC(=O)N1CCc2cc(C(=O)CBr)ccc2C1. The maximum atomic E-state index is 12.1. The number of ether oxygens (including phenoxy) is 1. The van der Waals surface area contributed by atoms with E-state index in [1.807, 2.05) is 39.0 Å². The molecule has 1 aromatic rings. The molecule has 5 heteroatoms. The largest absolute Gasteiger partial charge is 0.444 e. The van der Waals surface area contributed by atoms with Gasteiger partial charge < -0.3 is 9.64 Å². The van der Waals surface area contributed by atoms with Crippen LogP contribution in [0.15, 0.2) is 18.2 Å². The zero-order valence-electron chi connectivity index (χ0n) is 12.6. The summed E-state index contributed by atoms with van der Waals surface area (Å²) in [7, 11) is 0. The Morgan fingerprint density at radius 1 is 1.29 bits per heavy atom. The van der Waals surface area contributed by atoms with Crippen LogP contribution in [0.25, 0.3) is 0 Å². The van der Waals surface area contributed by atoms with Gasteiger partial charge in [0.25, 0.3) is 0 Å². The Morgan fingerprint density at radius 3 is 2.62 bits per heavy atom. The monoisotopic (exact) mass is 353 g/mol. The number of fused-ring (bicyclic) bond motifs is 1. The highest BCUT2D eigenvalue weighted by Crippen LogP contribution is 2.22. The van der Waals surface area contributed by atoms with E-state index in [-0.39, 0.29) is 11.9 Å². The number of hydrogen-bond donors (Lipinski definition) is 0. The summed E-state index contributed by atoms with van der Waals surface area (Å²) in [4.78, 5) is 25.5. The fourth-order valence-electron chi connectivity index (χ4n) is 2.29. The summed E-state index contributed by atoms with van der Waals surface area (Å²) in [6, 6.07) is 5.69. The van der Waals surface area contributed by atoms with Gasteiger partial charge in [-0.15, -0.1) is 0 Å². The highest BCUT2D eigenvalue weighted by atomic mass is 79.9. The lowest BCUT2D eigenvalue weighted by Crippen LogP contribution is -2.39. The molecule has 0 unspecified atom stereocenters. The third kappa shape index (κ3) is 4.06. The van der Waals surface area contributed by atoms with Crippen molar-refractivity contribution in [2.75, 3.05) is 11.9 Å². The Morgan fingerprint density at radius 2 is 2.00 bits per heavy atom. The van der Waals surface area contributed by atoms with Gasteiger partial charge in [0.05, 0.1) is 5.33 Å². The van der Waals surface area contributed by atoms with Gasteiger partial charge in [-0.2, -0.15) is 0 Å². The van der Waals surface area contributed by atoms with Crippen molar-refractivity contribution < 1.29 is 14.3 Å². The van der Waals surface area contributed by atoms with Crippen LogP contribution in [0, 0.1) is 0 Å². The third-order valence-electron chi connectivity index (χ3n) is 3.31. The lowest BCUT2D eigenvalue weighted by atomic mass is 9.96. The summed E-state index contributed by atoms with van der Waals surface area (Å²) < 4.78 is 5.40. The number of carbonyl (C=O) groups excluding carboxylic acids is 2. The van der Waals surface area contributed by atoms with Gasteiger partial charge in [0.15, 0.2) is 5.78 Å². The van der Waals surface area contributed by atoms with Gasteiger partial charge >= 0.3 is 6.09 Å². The van der Waals surface area contributed by atoms with E-state index in [1.165, 1.54) is 0 Å². The molecule has 0 bridgehead atoms. The minimum atomic E-state index is -0.483. The van der Waals surface area contributed by atoms with Crippen molar-refractivity contribution in [1.29, 1.82) is 0 Å². The maximum Gasteiger partial charge on any atom is 0.410 e. The number of amides is 1. The van der Waals surface area contributed by atoms with Gasteiger partial charge in [0.2, 0.25) is 0 Å². The average Bonchev–Trinajstić information content (AvgIpc) is 2.43. The first-order valence-electron chi connectivity index (χ1n) is 6.99. The van der Waals surface area contributed by atoms with Gasteiger partial charge in [-0.3, -0.25) is 4.79 Å². The molecule has 2 rings (SSSR count). The first-order valence-corrected chi connectivity index (χ1v) is 8.11. The van der Waals surface area contributed by atoms with Crippen LogP contribution in [-0.2, 0) is 17.7 Å². The predicted octanol–water partition coefficient (Wildman–Crippen LogP) is 3.56. The molecule has 0 aromatic heterocycles. The Kier molecular flexibility index (Phi) is 4.71. The van der Waals surface area contributed by atoms with Crippen LogP contribution in [-0.4, -0.2) is 34.3 Å². The first-order chi connectivity index (χ1) is 9.80. The smallest absolute Gasteiger partial charge is 0.410 e. The number of nitrogens with zero attached hydrogens (tertiary/aromatic N) is 1. The van der Waals surface area contributed by atoms with Crippen LogP contribution in [0.3, 0.4) is 0 Å². The number of benzene rings is 1. The van der Waals surface area contributed by atoms with Crippen LogP contribution < -0.4 is 0 Å². The van der Waals surface area contributed by atoms with Crippen molar-refractivity contribution in [2.24, 2.45) is 0 Å². The molecule has 1 aliphatic heterocycles. The molecule has 1 aliphatic rings. The number of hydrogen-bond acceptors (Lipinski definition) is 3. The first kappa shape index (κ1) is 16.0. The highest BCUT2D eigenvalue weighted by Gasteiger charge is 2.25. The molecule has 1 aromatic carbocycles. The second-order valence-electron chi connectivity index (χ2n) is 6.19. The molecule has 1 amide bonds. The number of ketones is 1. The molecule has 0 fully saturated rings. The van der Waals surface area contributed by atoms with Crippen LogP contribution in [0.1, 0.15) is 42.3 Å². The number of alkyl halides is 1. The van der Waals surface area contributed by atoms with Gasteiger partial charge in [0, 0.05) is 18.7 Å². The van der Waals surface area contributed by atoms with E-state index in [0.29, 0.717) is 18.4 Å². The van der Waals surface area contributed by atoms with E-state index in [9.17, 15) is 9.59 Å². The van der Waals surface area contributed by atoms with Crippen molar-refractivity contribution in [3.05, 3.63) is 34.9 Å². The molecule has 0 saturated heterocycles. The predicted molar refractivity (Wildman–Crippen MR) is 84.9 cm³/mol. The van der Waals surface area contributed by atoms with Crippen molar-refractivity contribution in [1.82, 2.24) is 4.90 Å². The standard InChI is InChI=1S/C16H20BrNO3/c1-16(2,3)21-15(20)18-7-6-11-8-12(14(19)9-17)4-5-13(11)10-18/h4-5,8H,6-7,9-10H2,1-3H3. The molecule has 0 spiro atoms. The molecule has 21 heavy (non-hydrogen) atoms. The van der Waals surface area contributed by atoms with E-state index >= 15 is 0 Å². The summed E-state index contributed by atoms with van der Waals surface area (Å²) in [5, 5.41) is 0.329. The van der Waals surface area contributed by atoms with E-state index in [0.717, 1.165) is 23.1 Å². The fraction of sp³-hybridized carbons (Fsp3) is 0.500. The quantitative estimate of drug-likeness (QED) is 0.603. The molecule has 0 atom stereocenters. The van der Waals surface area contributed by atoms with Gasteiger partial charge in [-0.05, 0) is 44.4 Å². The summed E-state index contributed by atoms with van der Waals surface area (Å²) in [6.45, 7) is 6.74. The lowest BCUT2D eigenvalue weighted by Gasteiger charge is -2.31. The molecular weight excluding hydrogens is 334 g/mol. The van der Waals surface area contributed by atoms with Crippen LogP contribution >= 0.6 is 15.9 Å². The van der Waals surface area contributed by atoms with Crippen LogP contribution in [0.2, 0.25) is 0 Å². The molecule has 0 saturated carbocycles. The minimum absolute atomic E-state index is 0.0763. The molecule has 0 N–H and O–H groups in total. The van der Waals surface area contributed by atoms with Crippen molar-refractivity contribution >= 4 is 27.8 Å². The van der Waals surface area contributed by atoms with Crippen molar-refractivity contribution in [3.8, 4) is 0 Å². The van der Waals surface area contributed by atoms with Crippen LogP contribution in [0.5, 0.6) is 0 Å². The van der Waals surface area contributed by atoms with Crippen molar-refractivity contribution in [3.63, 3.8) is 0 Å². The summed E-state index contributed by atoms with van der Waals surface area (Å²) in [6.07, 6.45) is 0.464. The fourth-order valence-corrected chi connectivity index (χ4v) is 2.61. The molecule has 114 valence electrons. The number of carbonyl (C=O) groups is 2. The second-order valence-corrected chi connectivity index (χ2v) is 6.75. The Bertz CT molecular complexity index is 563. The topological polar surface area (TPSA) is 46.6 Å². The molecule has 1 heterocycles. The van der Waals surface area contributed by atoms with Gasteiger partial charge in [-0.1, -0.05) is 28.1 Å². The van der Waals surface area contributed by atoms with Crippen molar-refractivity contribution in [2.45, 2.75) is 39.3 Å². The Labute approximate surface area is 133 Å². The Hall–Kier alpha value is -1.36. The van der Waals surface area contributed by atoms with Gasteiger partial charge in [0.1, 0.15) is 5.60 Å². The second kappa shape index (κ2) is 6.18. The summed E-state index contributed by atoms with van der Waals surface area (Å²) >= 11 is 3.19. The zero-order valence-corrected chi connectivity index (χ0v) is 14.2. The van der Waals surface area contributed by atoms with E-state index in [2.05, 4.69) is 15.9 Å². The molecule has 0 radical (unpaired) electrons. The summed E-state index contributed by atoms with van der Waals surface area (Å²) in [5.74, 6) is 0.0763. The lowest BCUT2D eigenvalue weighted by molar-refractivity contribution is 0.0224. The molecule has 0 aliphatic carbocycles. The highest BCUT2D eigenvalue weighted by molar-refractivity contribution is 9.09. The zero-order chi connectivity index (χ0) is 15.6. The van der Waals surface area contributed by atoms with E-state index < -0.39 is 5.60 Å². The normalized spacial score (nSPS) is 14.6. The summed E-state index contributed by atoms with van der Waals surface area (Å²) in [5.41, 5.74) is 2.46. The number of rotatable bonds is 2. The maximum absolute atomic E-state index is 12.1. The molecular formula is C16H20BrNO3. The third-order valence-corrected chi connectivity index (χ3v) is 3.82. The van der Waals surface area contributed by atoms with Gasteiger partial charge in [-0.25, -0.2) is 4.79 Å². The average molecular weight is 354 g/mol. The number of Topliss-reactive ketones (excluding diaryl/α,β-unsaturated/α-hetero) is 1. The Balaban J connectivity index is 2.11. The van der Waals surface area contributed by atoms with E-state index in [4.69, 9.17) is 4.74 Å². The minimum Gasteiger partial charge on any atom is -0.444 e.